The molecule has 1 atom stereocenters. The lowest BCUT2D eigenvalue weighted by molar-refractivity contribution is -0.115. The van der Waals surface area contributed by atoms with Crippen LogP contribution in [0.2, 0.25) is 0 Å². The van der Waals surface area contributed by atoms with Crippen molar-refractivity contribution in [2.45, 2.75) is 19.4 Å². The smallest absolute Gasteiger partial charge is 0.238 e. The molecule has 4 nitrogen and oxygen atoms in total. The van der Waals surface area contributed by atoms with Crippen molar-refractivity contribution < 1.29 is 9.18 Å². The van der Waals surface area contributed by atoms with Crippen molar-refractivity contribution in [2.24, 2.45) is 0 Å². The summed E-state index contributed by atoms with van der Waals surface area (Å²) in [5, 5.41) is 5.87. The van der Waals surface area contributed by atoms with Gasteiger partial charge in [-0.2, -0.15) is 0 Å². The molecule has 0 spiro atoms. The number of anilines is 1. The third-order valence-electron chi connectivity index (χ3n) is 2.75. The van der Waals surface area contributed by atoms with Gasteiger partial charge in [-0.3, -0.25) is 4.79 Å². The maximum Gasteiger partial charge on any atom is 0.238 e. The highest BCUT2D eigenvalue weighted by molar-refractivity contribution is 5.92. The van der Waals surface area contributed by atoms with Crippen LogP contribution >= 0.6 is 0 Å². The van der Waals surface area contributed by atoms with Gasteiger partial charge in [0, 0.05) is 11.7 Å². The summed E-state index contributed by atoms with van der Waals surface area (Å²) >= 11 is 0. The fourth-order valence-electron chi connectivity index (χ4n) is 1.56. The molecule has 106 valence electrons. The molecule has 1 unspecified atom stereocenters. The topological polar surface area (TPSA) is 44.4 Å². The third kappa shape index (κ3) is 6.88. The molecule has 0 aromatic heterocycles. The van der Waals surface area contributed by atoms with Gasteiger partial charge >= 0.3 is 0 Å². The highest BCUT2D eigenvalue weighted by atomic mass is 19.1. The zero-order valence-electron chi connectivity index (χ0n) is 11.7. The van der Waals surface area contributed by atoms with Gasteiger partial charge in [-0.1, -0.05) is 0 Å². The van der Waals surface area contributed by atoms with E-state index in [4.69, 9.17) is 0 Å². The number of benzene rings is 1. The van der Waals surface area contributed by atoms with Crippen LogP contribution in [0.3, 0.4) is 0 Å². The van der Waals surface area contributed by atoms with Gasteiger partial charge in [0.1, 0.15) is 5.82 Å². The molecule has 0 saturated carbocycles. The van der Waals surface area contributed by atoms with Crippen LogP contribution in [-0.2, 0) is 4.79 Å². The van der Waals surface area contributed by atoms with Crippen molar-refractivity contribution in [3.63, 3.8) is 0 Å². The van der Waals surface area contributed by atoms with E-state index in [1.54, 1.807) is 12.1 Å². The van der Waals surface area contributed by atoms with E-state index in [9.17, 15) is 9.18 Å². The highest BCUT2D eigenvalue weighted by Gasteiger charge is 2.06. The van der Waals surface area contributed by atoms with Crippen LogP contribution in [0.15, 0.2) is 24.3 Å². The van der Waals surface area contributed by atoms with Crippen LogP contribution < -0.4 is 10.6 Å². The van der Waals surface area contributed by atoms with Crippen LogP contribution in [0.25, 0.3) is 0 Å². The van der Waals surface area contributed by atoms with E-state index in [-0.39, 0.29) is 24.3 Å². The van der Waals surface area contributed by atoms with Gasteiger partial charge in [0.15, 0.2) is 0 Å². The minimum atomic E-state index is -0.312. The highest BCUT2D eigenvalue weighted by Crippen LogP contribution is 2.07. The van der Waals surface area contributed by atoms with E-state index < -0.39 is 0 Å². The Labute approximate surface area is 114 Å². The maximum absolute atomic E-state index is 12.7. The fraction of sp³-hybridized carbons (Fsp3) is 0.500. The number of carbonyl (C=O) groups excluding carboxylic acids is 1. The summed E-state index contributed by atoms with van der Waals surface area (Å²) < 4.78 is 12.7. The lowest BCUT2D eigenvalue weighted by Gasteiger charge is -2.16. The molecule has 0 radical (unpaired) electrons. The molecular weight excluding hydrogens is 245 g/mol. The second kappa shape index (κ2) is 7.86. The normalized spacial score (nSPS) is 12.5. The van der Waals surface area contributed by atoms with Crippen LogP contribution in [0.5, 0.6) is 0 Å². The van der Waals surface area contributed by atoms with Gasteiger partial charge in [-0.15, -0.1) is 0 Å². The number of hydrogen-bond donors (Lipinski definition) is 2. The first kappa shape index (κ1) is 15.6. The first-order valence-electron chi connectivity index (χ1n) is 6.41. The quantitative estimate of drug-likeness (QED) is 0.790. The molecule has 5 heteroatoms. The van der Waals surface area contributed by atoms with Crippen LogP contribution in [0.1, 0.15) is 13.3 Å². The predicted molar refractivity (Wildman–Crippen MR) is 75.7 cm³/mol. The van der Waals surface area contributed by atoms with E-state index in [0.717, 1.165) is 13.0 Å². The van der Waals surface area contributed by atoms with Gasteiger partial charge in [-0.05, 0) is 58.3 Å². The Morgan fingerprint density at radius 1 is 1.32 bits per heavy atom. The number of hydrogen-bond acceptors (Lipinski definition) is 3. The standard InChI is InChI=1S/C14H22FN3O/c1-11(8-9-18(2)3)16-10-14(19)17-13-6-4-12(15)5-7-13/h4-7,11,16H,8-10H2,1-3H3,(H,17,19). The summed E-state index contributed by atoms with van der Waals surface area (Å²) in [4.78, 5) is 13.8. The SMILES string of the molecule is CC(CCN(C)C)NCC(=O)Nc1ccc(F)cc1. The van der Waals surface area contributed by atoms with Gasteiger partial charge in [-0.25, -0.2) is 4.39 Å². The monoisotopic (exact) mass is 267 g/mol. The molecule has 0 aliphatic rings. The van der Waals surface area contributed by atoms with Gasteiger partial charge in [0.25, 0.3) is 0 Å². The lowest BCUT2D eigenvalue weighted by Crippen LogP contribution is -2.36. The molecule has 0 heterocycles. The Bertz CT molecular complexity index is 392. The third-order valence-corrected chi connectivity index (χ3v) is 2.75. The van der Waals surface area contributed by atoms with Crippen molar-refractivity contribution in [1.82, 2.24) is 10.2 Å². The molecule has 1 aromatic rings. The minimum Gasteiger partial charge on any atom is -0.325 e. The molecule has 1 rings (SSSR count). The molecule has 2 N–H and O–H groups in total. The fourth-order valence-corrected chi connectivity index (χ4v) is 1.56. The van der Waals surface area contributed by atoms with Crippen molar-refractivity contribution >= 4 is 11.6 Å². The Kier molecular flexibility index (Phi) is 6.45. The van der Waals surface area contributed by atoms with Crippen LogP contribution in [-0.4, -0.2) is 44.0 Å². The van der Waals surface area contributed by atoms with E-state index in [2.05, 4.69) is 22.5 Å². The van der Waals surface area contributed by atoms with E-state index in [1.807, 2.05) is 14.1 Å². The molecule has 0 saturated heterocycles. The molecule has 0 fully saturated rings. The summed E-state index contributed by atoms with van der Waals surface area (Å²) in [5.74, 6) is -0.434. The van der Waals surface area contributed by atoms with Crippen molar-refractivity contribution in [3.05, 3.63) is 30.1 Å². The van der Waals surface area contributed by atoms with E-state index in [0.29, 0.717) is 5.69 Å². The lowest BCUT2D eigenvalue weighted by atomic mass is 10.2. The summed E-state index contributed by atoms with van der Waals surface area (Å²) in [6.07, 6.45) is 0.983. The molecule has 1 amide bonds. The molecule has 0 aliphatic carbocycles. The van der Waals surface area contributed by atoms with E-state index >= 15 is 0 Å². The largest absolute Gasteiger partial charge is 0.325 e. The van der Waals surface area contributed by atoms with Crippen molar-refractivity contribution in [2.75, 3.05) is 32.5 Å². The number of nitrogens with zero attached hydrogens (tertiary/aromatic N) is 1. The number of amides is 1. The Morgan fingerprint density at radius 2 is 1.95 bits per heavy atom. The summed E-state index contributed by atoms with van der Waals surface area (Å²) in [5.41, 5.74) is 0.606. The average molecular weight is 267 g/mol. The number of halogens is 1. The number of carbonyl (C=O) groups is 1. The van der Waals surface area contributed by atoms with Crippen LogP contribution in [0, 0.1) is 5.82 Å². The van der Waals surface area contributed by atoms with E-state index in [1.165, 1.54) is 12.1 Å². The first-order valence-corrected chi connectivity index (χ1v) is 6.41. The van der Waals surface area contributed by atoms with Gasteiger partial charge < -0.3 is 15.5 Å². The summed E-state index contributed by atoms with van der Waals surface area (Å²) in [6.45, 7) is 3.29. The van der Waals surface area contributed by atoms with Crippen molar-refractivity contribution in [1.29, 1.82) is 0 Å². The van der Waals surface area contributed by atoms with Crippen molar-refractivity contribution in [3.8, 4) is 0 Å². The minimum absolute atomic E-state index is 0.122. The predicted octanol–water partition coefficient (Wildman–Crippen LogP) is 1.69. The second-order valence-corrected chi connectivity index (χ2v) is 4.93. The maximum atomic E-state index is 12.7. The molecule has 0 aliphatic heterocycles. The number of rotatable bonds is 7. The molecular formula is C14H22FN3O. The summed E-state index contributed by atoms with van der Waals surface area (Å²) in [6, 6.07) is 6.01. The Hall–Kier alpha value is -1.46. The molecule has 19 heavy (non-hydrogen) atoms. The second-order valence-electron chi connectivity index (χ2n) is 4.93. The zero-order chi connectivity index (χ0) is 14.3. The average Bonchev–Trinajstić information content (AvgIpc) is 2.36. The summed E-state index contributed by atoms with van der Waals surface area (Å²) in [7, 11) is 4.04. The van der Waals surface area contributed by atoms with Gasteiger partial charge in [0.05, 0.1) is 6.54 Å². The first-order chi connectivity index (χ1) is 8.97. The Morgan fingerprint density at radius 3 is 2.53 bits per heavy atom. The molecule has 0 bridgehead atoms. The molecule has 1 aromatic carbocycles. The Balaban J connectivity index is 2.26. The van der Waals surface area contributed by atoms with Gasteiger partial charge in [0.2, 0.25) is 5.91 Å². The van der Waals surface area contributed by atoms with Crippen LogP contribution in [0.4, 0.5) is 10.1 Å². The number of nitrogens with one attached hydrogen (secondary N) is 2. The zero-order valence-corrected chi connectivity index (χ0v) is 11.7.